The van der Waals surface area contributed by atoms with Crippen LogP contribution in [0.5, 0.6) is 0 Å². The molecule has 8 heteroatoms. The minimum atomic E-state index is -0.00622. The van der Waals surface area contributed by atoms with Gasteiger partial charge in [0.25, 0.3) is 0 Å². The summed E-state index contributed by atoms with van der Waals surface area (Å²) in [5.74, 6) is 1.25. The largest absolute Gasteiger partial charge is 0.352 e. The van der Waals surface area contributed by atoms with Crippen molar-refractivity contribution in [2.75, 3.05) is 36.0 Å². The van der Waals surface area contributed by atoms with E-state index in [1.54, 1.807) is 0 Å². The molecule has 1 amide bonds. The maximum atomic E-state index is 11.1. The van der Waals surface area contributed by atoms with Crippen molar-refractivity contribution >= 4 is 29.4 Å². The third-order valence-corrected chi connectivity index (χ3v) is 4.02. The van der Waals surface area contributed by atoms with E-state index in [0.29, 0.717) is 18.4 Å². The van der Waals surface area contributed by atoms with Crippen molar-refractivity contribution in [2.24, 2.45) is 0 Å². The van der Waals surface area contributed by atoms with Crippen molar-refractivity contribution in [2.45, 2.75) is 32.2 Å². The Labute approximate surface area is 128 Å². The molecule has 2 saturated heterocycles. The van der Waals surface area contributed by atoms with Crippen LogP contribution < -0.4 is 15.1 Å². The van der Waals surface area contributed by atoms with Crippen LogP contribution in [0.15, 0.2) is 0 Å². The lowest BCUT2D eigenvalue weighted by Crippen LogP contribution is -2.36. The van der Waals surface area contributed by atoms with Crippen molar-refractivity contribution in [1.82, 2.24) is 20.3 Å². The van der Waals surface area contributed by atoms with Crippen LogP contribution in [0.4, 0.5) is 11.9 Å². The van der Waals surface area contributed by atoms with Crippen LogP contribution in [0.3, 0.4) is 0 Å². The summed E-state index contributed by atoms with van der Waals surface area (Å²) in [7, 11) is 0. The first-order valence-electron chi connectivity index (χ1n) is 7.30. The first-order valence-corrected chi connectivity index (χ1v) is 7.68. The molecular formula is C13H19ClN6O. The zero-order chi connectivity index (χ0) is 14.8. The van der Waals surface area contributed by atoms with E-state index in [2.05, 4.69) is 25.2 Å². The van der Waals surface area contributed by atoms with E-state index in [1.165, 1.54) is 6.92 Å². The van der Waals surface area contributed by atoms with Gasteiger partial charge in [-0.3, -0.25) is 4.79 Å². The standard InChI is InChI=1S/C13H19ClN6O/c1-9(21)15-10-4-7-20(8-10)13-17-11(14)16-12(18-13)19-5-2-3-6-19/h10H,2-8H2,1H3,(H,15,21). The molecule has 1 aromatic rings. The molecule has 3 heterocycles. The molecule has 3 rings (SSSR count). The van der Waals surface area contributed by atoms with Gasteiger partial charge in [-0.2, -0.15) is 15.0 Å². The van der Waals surface area contributed by atoms with Crippen molar-refractivity contribution in [1.29, 1.82) is 0 Å². The molecule has 2 aliphatic heterocycles. The SMILES string of the molecule is CC(=O)NC1CCN(c2nc(Cl)nc(N3CCCC3)n2)C1. The minimum Gasteiger partial charge on any atom is -0.352 e. The lowest BCUT2D eigenvalue weighted by atomic mass is 10.3. The maximum Gasteiger partial charge on any atom is 0.231 e. The molecule has 0 aliphatic carbocycles. The average molecular weight is 311 g/mol. The highest BCUT2D eigenvalue weighted by molar-refractivity contribution is 6.28. The van der Waals surface area contributed by atoms with E-state index in [1.807, 2.05) is 4.90 Å². The van der Waals surface area contributed by atoms with Crippen LogP contribution in [-0.4, -0.2) is 53.1 Å². The fourth-order valence-corrected chi connectivity index (χ4v) is 3.03. The number of aromatic nitrogens is 3. The second-order valence-electron chi connectivity index (χ2n) is 5.53. The Morgan fingerprint density at radius 3 is 2.48 bits per heavy atom. The van der Waals surface area contributed by atoms with E-state index in [9.17, 15) is 4.79 Å². The summed E-state index contributed by atoms with van der Waals surface area (Å²) in [6.07, 6.45) is 3.21. The Kier molecular flexibility index (Phi) is 4.10. The molecule has 1 atom stereocenters. The second kappa shape index (κ2) is 6.01. The fraction of sp³-hybridized carbons (Fsp3) is 0.692. The number of nitrogens with one attached hydrogen (secondary N) is 1. The van der Waals surface area contributed by atoms with Crippen LogP contribution in [-0.2, 0) is 4.79 Å². The predicted molar refractivity (Wildman–Crippen MR) is 80.7 cm³/mol. The number of anilines is 2. The Balaban J connectivity index is 1.74. The number of amides is 1. The minimum absolute atomic E-state index is 0.00622. The molecule has 0 bridgehead atoms. The Morgan fingerprint density at radius 1 is 1.14 bits per heavy atom. The summed E-state index contributed by atoms with van der Waals surface area (Å²) in [5.41, 5.74) is 0. The Bertz CT molecular complexity index is 533. The summed E-state index contributed by atoms with van der Waals surface area (Å²) < 4.78 is 0. The number of halogens is 1. The highest BCUT2D eigenvalue weighted by Crippen LogP contribution is 2.22. The monoisotopic (exact) mass is 310 g/mol. The maximum absolute atomic E-state index is 11.1. The normalized spacial score (nSPS) is 21.9. The van der Waals surface area contributed by atoms with E-state index in [4.69, 9.17) is 11.6 Å². The van der Waals surface area contributed by atoms with Crippen molar-refractivity contribution < 1.29 is 4.79 Å². The Hall–Kier alpha value is -1.63. The molecule has 0 radical (unpaired) electrons. The van der Waals surface area contributed by atoms with Crippen LogP contribution in [0.25, 0.3) is 0 Å². The molecule has 114 valence electrons. The third-order valence-electron chi connectivity index (χ3n) is 3.85. The molecule has 1 N–H and O–H groups in total. The smallest absolute Gasteiger partial charge is 0.231 e. The highest BCUT2D eigenvalue weighted by atomic mass is 35.5. The number of rotatable bonds is 3. The van der Waals surface area contributed by atoms with E-state index in [-0.39, 0.29) is 17.2 Å². The van der Waals surface area contributed by atoms with Crippen LogP contribution in [0.1, 0.15) is 26.2 Å². The second-order valence-corrected chi connectivity index (χ2v) is 5.87. The van der Waals surface area contributed by atoms with Gasteiger partial charge in [0.2, 0.25) is 23.1 Å². The van der Waals surface area contributed by atoms with Gasteiger partial charge in [-0.25, -0.2) is 0 Å². The molecule has 2 fully saturated rings. The zero-order valence-corrected chi connectivity index (χ0v) is 12.8. The molecule has 2 aliphatic rings. The van der Waals surface area contributed by atoms with Crippen LogP contribution >= 0.6 is 11.6 Å². The number of nitrogens with zero attached hydrogens (tertiary/aromatic N) is 5. The first kappa shape index (κ1) is 14.3. The fourth-order valence-electron chi connectivity index (χ4n) is 2.88. The number of carbonyl (C=O) groups excluding carboxylic acids is 1. The molecule has 7 nitrogen and oxygen atoms in total. The number of carbonyl (C=O) groups is 1. The van der Waals surface area contributed by atoms with Gasteiger partial charge < -0.3 is 15.1 Å². The molecule has 0 saturated carbocycles. The molecule has 1 aromatic heterocycles. The van der Waals surface area contributed by atoms with Crippen molar-refractivity contribution in [3.8, 4) is 0 Å². The van der Waals surface area contributed by atoms with Gasteiger partial charge in [0.1, 0.15) is 0 Å². The van der Waals surface area contributed by atoms with Gasteiger partial charge in [-0.1, -0.05) is 0 Å². The summed E-state index contributed by atoms with van der Waals surface area (Å²) in [4.78, 5) is 28.3. The summed E-state index contributed by atoms with van der Waals surface area (Å²) in [6, 6.07) is 0.147. The third kappa shape index (κ3) is 3.34. The molecule has 1 unspecified atom stereocenters. The van der Waals surface area contributed by atoms with E-state index < -0.39 is 0 Å². The topological polar surface area (TPSA) is 74.2 Å². The number of hydrogen-bond donors (Lipinski definition) is 1. The molecular weight excluding hydrogens is 292 g/mol. The summed E-state index contributed by atoms with van der Waals surface area (Å²) >= 11 is 6.04. The molecule has 0 aromatic carbocycles. The van der Waals surface area contributed by atoms with Gasteiger partial charge >= 0.3 is 0 Å². The van der Waals surface area contributed by atoms with Crippen LogP contribution in [0, 0.1) is 0 Å². The van der Waals surface area contributed by atoms with Gasteiger partial charge in [-0.05, 0) is 30.9 Å². The summed E-state index contributed by atoms with van der Waals surface area (Å²) in [6.45, 7) is 4.99. The lowest BCUT2D eigenvalue weighted by Gasteiger charge is -2.20. The quantitative estimate of drug-likeness (QED) is 0.892. The van der Waals surface area contributed by atoms with Crippen LogP contribution in [0.2, 0.25) is 5.28 Å². The molecule has 0 spiro atoms. The zero-order valence-electron chi connectivity index (χ0n) is 12.0. The Morgan fingerprint density at radius 2 is 1.81 bits per heavy atom. The lowest BCUT2D eigenvalue weighted by molar-refractivity contribution is -0.119. The highest BCUT2D eigenvalue weighted by Gasteiger charge is 2.26. The predicted octanol–water partition coefficient (Wildman–Crippen LogP) is 0.840. The van der Waals surface area contributed by atoms with E-state index >= 15 is 0 Å². The van der Waals surface area contributed by atoms with Crippen molar-refractivity contribution in [3.63, 3.8) is 0 Å². The summed E-state index contributed by atoms with van der Waals surface area (Å²) in [5, 5.41) is 3.16. The van der Waals surface area contributed by atoms with Gasteiger partial charge in [0.05, 0.1) is 0 Å². The van der Waals surface area contributed by atoms with Gasteiger partial charge in [-0.15, -0.1) is 0 Å². The van der Waals surface area contributed by atoms with Gasteiger partial charge in [0, 0.05) is 39.1 Å². The average Bonchev–Trinajstić information content (AvgIpc) is 3.08. The molecule has 21 heavy (non-hydrogen) atoms. The van der Waals surface area contributed by atoms with Crippen molar-refractivity contribution in [3.05, 3.63) is 5.28 Å². The van der Waals surface area contributed by atoms with Gasteiger partial charge in [0.15, 0.2) is 0 Å². The number of hydrogen-bond acceptors (Lipinski definition) is 6. The first-order chi connectivity index (χ1) is 10.1. The van der Waals surface area contributed by atoms with E-state index in [0.717, 1.165) is 38.9 Å².